The van der Waals surface area contributed by atoms with E-state index in [2.05, 4.69) is 56.5 Å². The molecule has 0 aliphatic carbocycles. The molecule has 1 aromatic rings. The molecule has 1 aliphatic heterocycles. The van der Waals surface area contributed by atoms with E-state index in [1.165, 1.54) is 0 Å². The zero-order valence-electron chi connectivity index (χ0n) is 22.4. The third-order valence-corrected chi connectivity index (χ3v) is 13.7. The van der Waals surface area contributed by atoms with E-state index in [1.54, 1.807) is 4.90 Å². The second-order valence-corrected chi connectivity index (χ2v) is 22.8. The Morgan fingerprint density at radius 1 is 1.21 bits per heavy atom. The summed E-state index contributed by atoms with van der Waals surface area (Å²) in [4.78, 5) is 14.9. The first-order chi connectivity index (χ1) is 14.9. The molecular formula is C25H45ClN2O3Si2. The van der Waals surface area contributed by atoms with Crippen LogP contribution in [-0.2, 0) is 4.74 Å². The first kappa shape index (κ1) is 28.2. The average molecular weight is 513 g/mol. The van der Waals surface area contributed by atoms with Crippen molar-refractivity contribution < 1.29 is 14.6 Å². The maximum atomic E-state index is 13.1. The fraction of sp³-hybridized carbons (Fsp3) is 0.720. The van der Waals surface area contributed by atoms with Gasteiger partial charge in [-0.15, -0.1) is 0 Å². The van der Waals surface area contributed by atoms with Crippen molar-refractivity contribution >= 4 is 39.9 Å². The van der Waals surface area contributed by atoms with Crippen molar-refractivity contribution in [1.82, 2.24) is 4.90 Å². The number of likely N-dealkylation sites (tertiary alicyclic amines) is 1. The Hall–Kier alpha value is -1.03. The molecule has 188 valence electrons. The number of halogens is 1. The normalized spacial score (nSPS) is 20.7. The van der Waals surface area contributed by atoms with Gasteiger partial charge < -0.3 is 14.1 Å². The maximum absolute atomic E-state index is 13.1. The molecule has 1 heterocycles. The quantitative estimate of drug-likeness (QED) is 0.386. The summed E-state index contributed by atoms with van der Waals surface area (Å²) in [6.45, 7) is 22.4. The number of aliphatic hydroxyl groups excluding tert-OH is 1. The molecule has 8 heteroatoms. The van der Waals surface area contributed by atoms with Crippen molar-refractivity contribution in [2.45, 2.75) is 110 Å². The zero-order chi connectivity index (χ0) is 25.4. The van der Waals surface area contributed by atoms with Crippen LogP contribution < -0.4 is 4.23 Å². The van der Waals surface area contributed by atoms with Gasteiger partial charge in [0.25, 0.3) is 0 Å². The van der Waals surface area contributed by atoms with Crippen LogP contribution in [0.1, 0.15) is 65.0 Å². The lowest BCUT2D eigenvalue weighted by atomic mass is 9.81. The number of carbonyl (C=O) groups is 1. The Bertz CT molecular complexity index is 832. The highest BCUT2D eigenvalue weighted by Crippen LogP contribution is 2.45. The van der Waals surface area contributed by atoms with Crippen LogP contribution in [0.2, 0.25) is 44.3 Å². The molecule has 1 saturated heterocycles. The van der Waals surface area contributed by atoms with Gasteiger partial charge in [0, 0.05) is 12.2 Å². The number of rotatable bonds is 7. The van der Waals surface area contributed by atoms with E-state index in [1.807, 2.05) is 32.9 Å². The van der Waals surface area contributed by atoms with Gasteiger partial charge in [-0.05, 0) is 57.7 Å². The largest absolute Gasteiger partial charge is 0.444 e. The SMILES string of the molecule is CCCC1(C(O)c2ccc(N([Si](C)(C)C)[Si](C)(C)C)c(Cl)c2)CCCN1C(=O)OC(C)(C)C. The summed E-state index contributed by atoms with van der Waals surface area (Å²) in [6.07, 6.45) is 1.99. The summed E-state index contributed by atoms with van der Waals surface area (Å²) in [7, 11) is -3.32. The lowest BCUT2D eigenvalue weighted by Gasteiger charge is -2.46. The van der Waals surface area contributed by atoms with Gasteiger partial charge in [-0.2, -0.15) is 0 Å². The van der Waals surface area contributed by atoms with Crippen LogP contribution in [-0.4, -0.2) is 50.3 Å². The third kappa shape index (κ3) is 6.35. The van der Waals surface area contributed by atoms with E-state index in [9.17, 15) is 9.90 Å². The Morgan fingerprint density at radius 3 is 2.24 bits per heavy atom. The van der Waals surface area contributed by atoms with Gasteiger partial charge in [0.1, 0.15) is 28.2 Å². The van der Waals surface area contributed by atoms with Crippen molar-refractivity contribution in [3.8, 4) is 0 Å². The number of benzene rings is 1. The maximum Gasteiger partial charge on any atom is 0.410 e. The van der Waals surface area contributed by atoms with Crippen LogP contribution in [0.15, 0.2) is 18.2 Å². The predicted octanol–water partition coefficient (Wildman–Crippen LogP) is 7.42. The highest BCUT2D eigenvalue weighted by atomic mass is 35.5. The number of nitrogens with zero attached hydrogens (tertiary/aromatic N) is 2. The van der Waals surface area contributed by atoms with E-state index < -0.39 is 33.7 Å². The molecule has 2 rings (SSSR count). The van der Waals surface area contributed by atoms with E-state index in [0.717, 1.165) is 30.5 Å². The molecule has 2 atom stereocenters. The molecule has 5 nitrogen and oxygen atoms in total. The van der Waals surface area contributed by atoms with Crippen LogP contribution in [0.4, 0.5) is 10.5 Å². The number of ether oxygens (including phenoxy) is 1. The average Bonchev–Trinajstić information content (AvgIpc) is 3.04. The number of aliphatic hydroxyl groups is 1. The molecule has 1 fully saturated rings. The fourth-order valence-electron chi connectivity index (χ4n) is 5.52. The highest BCUT2D eigenvalue weighted by molar-refractivity contribution is 6.99. The number of carbonyl (C=O) groups excluding carboxylic acids is 1. The third-order valence-electron chi connectivity index (χ3n) is 6.20. The summed E-state index contributed by atoms with van der Waals surface area (Å²) in [5.74, 6) is 0. The molecule has 1 N–H and O–H groups in total. The molecule has 1 amide bonds. The van der Waals surface area contributed by atoms with Crippen molar-refractivity contribution in [3.63, 3.8) is 0 Å². The Morgan fingerprint density at radius 2 is 1.79 bits per heavy atom. The molecule has 0 radical (unpaired) electrons. The van der Waals surface area contributed by atoms with Crippen molar-refractivity contribution in [2.24, 2.45) is 0 Å². The Balaban J connectivity index is 2.48. The molecule has 0 saturated carbocycles. The number of amides is 1. The van der Waals surface area contributed by atoms with Gasteiger partial charge in [0.05, 0.1) is 10.6 Å². The Labute approximate surface area is 208 Å². The standard InChI is InChI=1S/C25H45ClN2O3Si2/c1-11-15-25(16-12-17-27(25)23(30)31-24(2,3)4)22(29)19-13-14-21(20(26)18-19)28(32(5,6)7)33(8,9)10/h13-14,18,22,29H,11-12,15-17H2,1-10H3. The van der Waals surface area contributed by atoms with E-state index >= 15 is 0 Å². The first-order valence-electron chi connectivity index (χ1n) is 12.2. The molecule has 1 aliphatic rings. The number of anilines is 1. The summed E-state index contributed by atoms with van der Waals surface area (Å²) in [5, 5.41) is 12.4. The lowest BCUT2D eigenvalue weighted by molar-refractivity contribution is -0.0376. The van der Waals surface area contributed by atoms with Gasteiger partial charge in [0.15, 0.2) is 0 Å². The monoisotopic (exact) mass is 512 g/mol. The summed E-state index contributed by atoms with van der Waals surface area (Å²) in [6, 6.07) is 5.99. The summed E-state index contributed by atoms with van der Waals surface area (Å²) in [5.41, 5.74) is 0.564. The van der Waals surface area contributed by atoms with Crippen LogP contribution in [0.3, 0.4) is 0 Å². The zero-order valence-corrected chi connectivity index (χ0v) is 25.1. The summed E-state index contributed by atoms with van der Waals surface area (Å²) < 4.78 is 8.30. The predicted molar refractivity (Wildman–Crippen MR) is 145 cm³/mol. The minimum absolute atomic E-state index is 0.348. The molecule has 0 bridgehead atoms. The van der Waals surface area contributed by atoms with Gasteiger partial charge in [-0.25, -0.2) is 4.79 Å². The fourth-order valence-corrected chi connectivity index (χ4v) is 15.8. The van der Waals surface area contributed by atoms with Crippen LogP contribution in [0.5, 0.6) is 0 Å². The second-order valence-electron chi connectivity index (χ2n) is 12.4. The molecular weight excluding hydrogens is 468 g/mol. The van der Waals surface area contributed by atoms with Crippen LogP contribution >= 0.6 is 11.6 Å². The number of hydrogen-bond acceptors (Lipinski definition) is 4. The van der Waals surface area contributed by atoms with E-state index in [4.69, 9.17) is 16.3 Å². The van der Waals surface area contributed by atoms with Crippen molar-refractivity contribution in [3.05, 3.63) is 28.8 Å². The number of hydrogen-bond donors (Lipinski definition) is 1. The van der Waals surface area contributed by atoms with Gasteiger partial charge in [-0.1, -0.05) is 70.3 Å². The Kier molecular flexibility index (Phi) is 8.48. The van der Waals surface area contributed by atoms with E-state index in [0.29, 0.717) is 18.0 Å². The van der Waals surface area contributed by atoms with Crippen molar-refractivity contribution in [1.29, 1.82) is 0 Å². The molecule has 2 unspecified atom stereocenters. The van der Waals surface area contributed by atoms with Crippen LogP contribution in [0.25, 0.3) is 0 Å². The summed E-state index contributed by atoms with van der Waals surface area (Å²) >= 11 is 6.88. The molecule has 33 heavy (non-hydrogen) atoms. The van der Waals surface area contributed by atoms with Gasteiger partial charge in [0.2, 0.25) is 0 Å². The minimum atomic E-state index is -1.66. The second kappa shape index (κ2) is 9.92. The van der Waals surface area contributed by atoms with Crippen LogP contribution in [0, 0.1) is 0 Å². The highest BCUT2D eigenvalue weighted by Gasteiger charge is 2.50. The smallest absolute Gasteiger partial charge is 0.410 e. The lowest BCUT2D eigenvalue weighted by Crippen LogP contribution is -2.59. The van der Waals surface area contributed by atoms with Crippen molar-refractivity contribution in [2.75, 3.05) is 10.8 Å². The molecule has 0 aromatic heterocycles. The van der Waals surface area contributed by atoms with Gasteiger partial charge in [-0.3, -0.25) is 4.90 Å². The first-order valence-corrected chi connectivity index (χ1v) is 19.5. The topological polar surface area (TPSA) is 53.0 Å². The minimum Gasteiger partial charge on any atom is -0.444 e. The van der Waals surface area contributed by atoms with Gasteiger partial charge >= 0.3 is 6.09 Å². The molecule has 0 spiro atoms. The molecule has 1 aromatic carbocycles. The van der Waals surface area contributed by atoms with E-state index in [-0.39, 0.29) is 6.09 Å².